The fourth-order valence-corrected chi connectivity index (χ4v) is 0.740. The first-order valence-electron chi connectivity index (χ1n) is 2.95. The highest BCUT2D eigenvalue weighted by atomic mass is 16.4. The zero-order valence-corrected chi connectivity index (χ0v) is 5.39. The third-order valence-corrected chi connectivity index (χ3v) is 1.17. The van der Waals surface area contributed by atoms with Crippen LogP contribution in [-0.4, -0.2) is 15.2 Å². The molecule has 0 aliphatic carbocycles. The number of pyridine rings is 1. The molecule has 2 aromatic heterocycles. The van der Waals surface area contributed by atoms with Crippen molar-refractivity contribution in [1.82, 2.24) is 15.2 Å². The molecule has 5 nitrogen and oxygen atoms in total. The van der Waals surface area contributed by atoms with Crippen molar-refractivity contribution >= 4 is 11.2 Å². The number of rotatable bonds is 0. The first-order chi connectivity index (χ1) is 5.36. The van der Waals surface area contributed by atoms with Gasteiger partial charge in [-0.3, -0.25) is 0 Å². The Labute approximate surface area is 60.7 Å². The minimum absolute atomic E-state index is 0.340. The molecule has 5 heteroatoms. The number of fused-ring (bicyclic) bond motifs is 1. The molecule has 0 aromatic carbocycles. The Kier molecular flexibility index (Phi) is 1.15. The van der Waals surface area contributed by atoms with Gasteiger partial charge in [0.05, 0.1) is 0 Å². The Morgan fingerprint density at radius 3 is 3.18 bits per heavy atom. The van der Waals surface area contributed by atoms with Crippen LogP contribution in [0.4, 0.5) is 0 Å². The molecule has 11 heavy (non-hydrogen) atoms. The van der Waals surface area contributed by atoms with Gasteiger partial charge in [-0.2, -0.15) is 0 Å². The van der Waals surface area contributed by atoms with Crippen LogP contribution in [0.1, 0.15) is 0 Å². The standard InChI is InChI=1S/C6H3N3O2/c10-6-9-8-5-4(11-6)2-1-3-7-5/h1-3H. The van der Waals surface area contributed by atoms with Crippen LogP contribution in [0.5, 0.6) is 0 Å². The lowest BCUT2D eigenvalue weighted by Crippen LogP contribution is -2.05. The Morgan fingerprint density at radius 2 is 2.27 bits per heavy atom. The molecule has 2 heterocycles. The second-order valence-corrected chi connectivity index (χ2v) is 1.89. The molecule has 2 rings (SSSR count). The summed E-state index contributed by atoms with van der Waals surface area (Å²) < 4.78 is 4.67. The zero-order chi connectivity index (χ0) is 7.68. The van der Waals surface area contributed by atoms with Crippen LogP contribution in [0.2, 0.25) is 0 Å². The first kappa shape index (κ1) is 5.96. The predicted octanol–water partition coefficient (Wildman–Crippen LogP) is -0.0220. The molecule has 0 aliphatic rings. The first-order valence-corrected chi connectivity index (χ1v) is 2.95. The van der Waals surface area contributed by atoms with E-state index in [1.807, 2.05) is 0 Å². The minimum atomic E-state index is -0.703. The fraction of sp³-hybridized carbons (Fsp3) is 0. The van der Waals surface area contributed by atoms with Gasteiger partial charge in [-0.15, -0.1) is 5.10 Å². The smallest absolute Gasteiger partial charge is 0.403 e. The molecule has 0 amide bonds. The van der Waals surface area contributed by atoms with Gasteiger partial charge in [0.25, 0.3) is 0 Å². The molecule has 0 N–H and O–H groups in total. The fourth-order valence-electron chi connectivity index (χ4n) is 0.740. The molecule has 0 spiro atoms. The summed E-state index contributed by atoms with van der Waals surface area (Å²) in [6.45, 7) is 0. The van der Waals surface area contributed by atoms with E-state index >= 15 is 0 Å². The highest BCUT2D eigenvalue weighted by Gasteiger charge is 1.96. The summed E-state index contributed by atoms with van der Waals surface area (Å²) in [5.74, 6) is -0.703. The van der Waals surface area contributed by atoms with E-state index in [0.29, 0.717) is 11.2 Å². The van der Waals surface area contributed by atoms with Gasteiger partial charge in [0.2, 0.25) is 5.65 Å². The largest absolute Gasteiger partial charge is 0.458 e. The van der Waals surface area contributed by atoms with Crippen LogP contribution in [0, 0.1) is 0 Å². The number of aromatic nitrogens is 3. The molecular formula is C6H3N3O2. The van der Waals surface area contributed by atoms with Gasteiger partial charge in [-0.25, -0.2) is 9.78 Å². The lowest BCUT2D eigenvalue weighted by atomic mass is 10.5. The van der Waals surface area contributed by atoms with Gasteiger partial charge in [0, 0.05) is 6.20 Å². The van der Waals surface area contributed by atoms with E-state index in [-0.39, 0.29) is 0 Å². The highest BCUT2D eigenvalue weighted by molar-refractivity contribution is 5.64. The van der Waals surface area contributed by atoms with E-state index in [9.17, 15) is 4.79 Å². The molecule has 0 atom stereocenters. The van der Waals surface area contributed by atoms with Gasteiger partial charge >= 0.3 is 5.76 Å². The molecule has 54 valence electrons. The van der Waals surface area contributed by atoms with Crippen LogP contribution in [0.25, 0.3) is 11.2 Å². The maximum atomic E-state index is 10.5. The maximum Gasteiger partial charge on any atom is 0.458 e. The molecule has 0 radical (unpaired) electrons. The topological polar surface area (TPSA) is 68.9 Å². The number of hydrogen-bond donors (Lipinski definition) is 0. The summed E-state index contributed by atoms with van der Waals surface area (Å²) in [6.07, 6.45) is 1.55. The lowest BCUT2D eigenvalue weighted by Gasteiger charge is -1.88. The van der Waals surface area contributed by atoms with Crippen LogP contribution in [0.3, 0.4) is 0 Å². The summed E-state index contributed by atoms with van der Waals surface area (Å²) in [7, 11) is 0. The summed E-state index contributed by atoms with van der Waals surface area (Å²) >= 11 is 0. The van der Waals surface area contributed by atoms with Crippen molar-refractivity contribution in [3.05, 3.63) is 28.9 Å². The van der Waals surface area contributed by atoms with Crippen LogP contribution >= 0.6 is 0 Å². The highest BCUT2D eigenvalue weighted by Crippen LogP contribution is 2.01. The van der Waals surface area contributed by atoms with E-state index in [2.05, 4.69) is 19.6 Å². The van der Waals surface area contributed by atoms with Crippen molar-refractivity contribution in [2.45, 2.75) is 0 Å². The Balaban J connectivity index is 2.94. The van der Waals surface area contributed by atoms with Crippen molar-refractivity contribution in [3.8, 4) is 0 Å². The molecule has 2 aromatic rings. The SMILES string of the molecule is O=c1nnc2ncccc2o1. The zero-order valence-electron chi connectivity index (χ0n) is 5.39. The molecular weight excluding hydrogens is 146 g/mol. The molecule has 0 unspecified atom stereocenters. The average molecular weight is 149 g/mol. The molecule has 0 fully saturated rings. The Bertz CT molecular complexity index is 437. The van der Waals surface area contributed by atoms with Crippen molar-refractivity contribution in [2.75, 3.05) is 0 Å². The Hall–Kier alpha value is -1.78. The quantitative estimate of drug-likeness (QED) is 0.526. The van der Waals surface area contributed by atoms with Gasteiger partial charge < -0.3 is 4.42 Å². The second kappa shape index (κ2) is 2.12. The van der Waals surface area contributed by atoms with Crippen LogP contribution < -0.4 is 5.76 Å². The number of hydrogen-bond acceptors (Lipinski definition) is 5. The van der Waals surface area contributed by atoms with Crippen molar-refractivity contribution in [1.29, 1.82) is 0 Å². The lowest BCUT2D eigenvalue weighted by molar-refractivity contribution is 0.513. The number of nitrogens with zero attached hydrogens (tertiary/aromatic N) is 3. The van der Waals surface area contributed by atoms with Crippen LogP contribution in [-0.2, 0) is 0 Å². The molecule has 0 saturated heterocycles. The van der Waals surface area contributed by atoms with E-state index in [1.165, 1.54) is 0 Å². The van der Waals surface area contributed by atoms with E-state index in [0.717, 1.165) is 0 Å². The van der Waals surface area contributed by atoms with E-state index in [4.69, 9.17) is 0 Å². The third kappa shape index (κ3) is 0.958. The van der Waals surface area contributed by atoms with Crippen molar-refractivity contribution < 1.29 is 4.42 Å². The summed E-state index contributed by atoms with van der Waals surface area (Å²) in [5.41, 5.74) is 0.694. The minimum Gasteiger partial charge on any atom is -0.403 e. The van der Waals surface area contributed by atoms with Crippen LogP contribution in [0.15, 0.2) is 27.5 Å². The summed E-state index contributed by atoms with van der Waals surface area (Å²) in [5, 5.41) is 6.69. The Morgan fingerprint density at radius 1 is 1.36 bits per heavy atom. The van der Waals surface area contributed by atoms with Crippen molar-refractivity contribution in [2.24, 2.45) is 0 Å². The molecule has 0 saturated carbocycles. The van der Waals surface area contributed by atoms with Gasteiger partial charge in [-0.1, -0.05) is 5.10 Å². The normalized spacial score (nSPS) is 10.2. The van der Waals surface area contributed by atoms with Gasteiger partial charge in [0.15, 0.2) is 5.58 Å². The summed E-state index contributed by atoms with van der Waals surface area (Å²) in [6, 6.07) is 3.27. The molecule has 0 bridgehead atoms. The average Bonchev–Trinajstić information content (AvgIpc) is 2.04. The second-order valence-electron chi connectivity index (χ2n) is 1.89. The van der Waals surface area contributed by atoms with Crippen molar-refractivity contribution in [3.63, 3.8) is 0 Å². The van der Waals surface area contributed by atoms with Gasteiger partial charge in [-0.05, 0) is 12.1 Å². The third-order valence-electron chi connectivity index (χ3n) is 1.17. The summed E-state index contributed by atoms with van der Waals surface area (Å²) in [4.78, 5) is 14.3. The maximum absolute atomic E-state index is 10.5. The predicted molar refractivity (Wildman–Crippen MR) is 35.9 cm³/mol. The van der Waals surface area contributed by atoms with Gasteiger partial charge in [0.1, 0.15) is 0 Å². The van der Waals surface area contributed by atoms with E-state index in [1.54, 1.807) is 18.3 Å². The monoisotopic (exact) mass is 149 g/mol. The van der Waals surface area contributed by atoms with E-state index < -0.39 is 5.76 Å². The molecule has 0 aliphatic heterocycles.